The third-order valence-corrected chi connectivity index (χ3v) is 5.06. The summed E-state index contributed by atoms with van der Waals surface area (Å²) in [4.78, 5) is 35.3. The number of rotatable bonds is 9. The first-order valence-electron chi connectivity index (χ1n) is 10.8. The molecule has 0 radical (unpaired) electrons. The monoisotopic (exact) mass is 446 g/mol. The van der Waals surface area contributed by atoms with Gasteiger partial charge in [-0.05, 0) is 35.4 Å². The number of carbonyl (C=O) groups is 2. The van der Waals surface area contributed by atoms with Crippen molar-refractivity contribution >= 4 is 23.7 Å². The van der Waals surface area contributed by atoms with E-state index >= 15 is 0 Å². The largest absolute Gasteiger partial charge is 0.299 e. The van der Waals surface area contributed by atoms with E-state index in [0.29, 0.717) is 22.3 Å². The molecule has 4 heteroatoms. The van der Waals surface area contributed by atoms with Crippen molar-refractivity contribution in [2.24, 2.45) is 0 Å². The van der Waals surface area contributed by atoms with Gasteiger partial charge in [-0.1, -0.05) is 97.1 Å². The molecule has 4 aromatic carbocycles. The van der Waals surface area contributed by atoms with Gasteiger partial charge in [0.25, 0.3) is 0 Å². The number of hydrogen-bond acceptors (Lipinski definition) is 4. The third kappa shape index (κ3) is 5.96. The molecule has 34 heavy (non-hydrogen) atoms. The minimum Gasteiger partial charge on any atom is -0.299 e. The highest BCUT2D eigenvalue weighted by molar-refractivity contribution is 6.09. The van der Waals surface area contributed by atoms with Gasteiger partial charge in [-0.15, -0.1) is 0 Å². The van der Waals surface area contributed by atoms with E-state index in [1.807, 2.05) is 60.7 Å². The van der Waals surface area contributed by atoms with E-state index < -0.39 is 0 Å². The highest BCUT2D eigenvalue weighted by Crippen LogP contribution is 2.14. The van der Waals surface area contributed by atoms with Crippen LogP contribution in [0.4, 0.5) is 0 Å². The Kier molecular flexibility index (Phi) is 7.44. The van der Waals surface area contributed by atoms with Crippen LogP contribution < -0.4 is 0 Å². The van der Waals surface area contributed by atoms with E-state index in [4.69, 9.17) is 9.78 Å². The van der Waals surface area contributed by atoms with Crippen molar-refractivity contribution in [1.82, 2.24) is 0 Å². The first-order valence-corrected chi connectivity index (χ1v) is 10.8. The Balaban J connectivity index is 1.32. The van der Waals surface area contributed by atoms with Gasteiger partial charge in [0.05, 0.1) is 0 Å². The molecule has 0 aromatic heterocycles. The first kappa shape index (κ1) is 22.5. The predicted molar refractivity (Wildman–Crippen MR) is 133 cm³/mol. The van der Waals surface area contributed by atoms with Crippen molar-refractivity contribution in [2.75, 3.05) is 0 Å². The van der Waals surface area contributed by atoms with Crippen LogP contribution in [0, 0.1) is 0 Å². The molecule has 4 nitrogen and oxygen atoms in total. The lowest BCUT2D eigenvalue weighted by atomic mass is 10.0. The second-order valence-electron chi connectivity index (χ2n) is 7.44. The molecular weight excluding hydrogens is 424 g/mol. The zero-order valence-electron chi connectivity index (χ0n) is 18.3. The Morgan fingerprint density at radius 3 is 1.26 bits per heavy atom. The molecule has 0 atom stereocenters. The van der Waals surface area contributed by atoms with Crippen molar-refractivity contribution in [2.45, 2.75) is 0 Å². The van der Waals surface area contributed by atoms with Crippen LogP contribution in [0.2, 0.25) is 0 Å². The molecule has 0 fully saturated rings. The molecule has 0 aliphatic carbocycles. The quantitative estimate of drug-likeness (QED) is 0.0939. The van der Waals surface area contributed by atoms with Gasteiger partial charge < -0.3 is 0 Å². The fraction of sp³-hybridized carbons (Fsp3) is 0. The zero-order valence-corrected chi connectivity index (χ0v) is 18.3. The maximum absolute atomic E-state index is 12.6. The molecule has 0 aliphatic heterocycles. The Morgan fingerprint density at radius 2 is 0.853 bits per heavy atom. The van der Waals surface area contributed by atoms with E-state index in [0.717, 1.165) is 11.1 Å². The van der Waals surface area contributed by atoms with Gasteiger partial charge in [0.1, 0.15) is 12.5 Å². The smallest absolute Gasteiger partial charge is 0.193 e. The van der Waals surface area contributed by atoms with E-state index in [9.17, 15) is 9.59 Å². The first-order chi connectivity index (χ1) is 16.7. The molecule has 0 unspecified atom stereocenters. The third-order valence-electron chi connectivity index (χ3n) is 5.06. The molecule has 0 spiro atoms. The van der Waals surface area contributed by atoms with E-state index in [2.05, 4.69) is 0 Å². The fourth-order valence-electron chi connectivity index (χ4n) is 3.36. The summed E-state index contributed by atoms with van der Waals surface area (Å²) < 4.78 is 0. The number of carbonyl (C=O) groups excluding carboxylic acids is 2. The standard InChI is InChI=1S/C30H22O4/c31-29(25-11-3-1-4-12-25)27-15-7-9-23(21-27)17-19-33-34-20-18-24-10-8-16-28(22-24)30(32)26-13-5-2-6-14-26/h1-22H. The van der Waals surface area contributed by atoms with Crippen LogP contribution in [0.15, 0.2) is 122 Å². The average Bonchev–Trinajstić information content (AvgIpc) is 2.91. The highest BCUT2D eigenvalue weighted by Gasteiger charge is 2.09. The highest BCUT2D eigenvalue weighted by atomic mass is 17.2. The van der Waals surface area contributed by atoms with Crippen LogP contribution in [-0.2, 0) is 9.78 Å². The Hall–Kier alpha value is -4.70. The van der Waals surface area contributed by atoms with Gasteiger partial charge in [0, 0.05) is 22.3 Å². The van der Waals surface area contributed by atoms with Gasteiger partial charge >= 0.3 is 0 Å². The molecule has 166 valence electrons. The average molecular weight is 447 g/mol. The van der Waals surface area contributed by atoms with Crippen molar-refractivity contribution in [3.05, 3.63) is 155 Å². The topological polar surface area (TPSA) is 52.6 Å². The summed E-state index contributed by atoms with van der Waals surface area (Å²) in [5, 5.41) is 0. The second kappa shape index (κ2) is 11.2. The van der Waals surface area contributed by atoms with Gasteiger partial charge in [0.2, 0.25) is 0 Å². The van der Waals surface area contributed by atoms with Gasteiger partial charge in [-0.3, -0.25) is 19.4 Å². The van der Waals surface area contributed by atoms with Gasteiger partial charge in [-0.2, -0.15) is 0 Å². The molecule has 0 bridgehead atoms. The van der Waals surface area contributed by atoms with Crippen molar-refractivity contribution < 1.29 is 19.4 Å². The summed E-state index contributed by atoms with van der Waals surface area (Å²) in [6.45, 7) is 0. The number of ketones is 2. The van der Waals surface area contributed by atoms with Gasteiger partial charge in [-0.25, -0.2) is 0 Å². The van der Waals surface area contributed by atoms with Gasteiger partial charge in [0.15, 0.2) is 11.6 Å². The number of hydrogen-bond donors (Lipinski definition) is 0. The van der Waals surface area contributed by atoms with Crippen molar-refractivity contribution in [3.8, 4) is 0 Å². The molecular formula is C30H22O4. The molecule has 0 saturated heterocycles. The van der Waals surface area contributed by atoms with Crippen LogP contribution in [0.1, 0.15) is 43.0 Å². The van der Waals surface area contributed by atoms with E-state index in [1.54, 1.807) is 60.7 Å². The van der Waals surface area contributed by atoms with E-state index in [1.165, 1.54) is 12.5 Å². The molecule has 0 heterocycles. The summed E-state index contributed by atoms with van der Waals surface area (Å²) in [5.74, 6) is -0.0761. The lowest BCUT2D eigenvalue weighted by Crippen LogP contribution is -2.00. The lowest BCUT2D eigenvalue weighted by molar-refractivity contribution is -0.193. The molecule has 4 rings (SSSR count). The van der Waals surface area contributed by atoms with Crippen molar-refractivity contribution in [1.29, 1.82) is 0 Å². The predicted octanol–water partition coefficient (Wildman–Crippen LogP) is 6.74. The Labute approximate surface area is 198 Å². The lowest BCUT2D eigenvalue weighted by Gasteiger charge is -2.03. The molecule has 0 N–H and O–H groups in total. The summed E-state index contributed by atoms with van der Waals surface area (Å²) in [7, 11) is 0. The molecule has 0 amide bonds. The Morgan fingerprint density at radius 1 is 0.471 bits per heavy atom. The summed E-state index contributed by atoms with van der Waals surface area (Å²) in [6.07, 6.45) is 6.20. The van der Waals surface area contributed by atoms with Crippen LogP contribution in [-0.4, -0.2) is 11.6 Å². The molecule has 4 aromatic rings. The van der Waals surface area contributed by atoms with E-state index in [-0.39, 0.29) is 11.6 Å². The molecule has 0 aliphatic rings. The fourth-order valence-corrected chi connectivity index (χ4v) is 3.36. The maximum atomic E-state index is 12.6. The summed E-state index contributed by atoms with van der Waals surface area (Å²) >= 11 is 0. The van der Waals surface area contributed by atoms with Crippen LogP contribution in [0.5, 0.6) is 0 Å². The number of benzene rings is 4. The zero-order chi connectivity index (χ0) is 23.6. The van der Waals surface area contributed by atoms with Crippen molar-refractivity contribution in [3.63, 3.8) is 0 Å². The minimum atomic E-state index is -0.0380. The van der Waals surface area contributed by atoms with Crippen LogP contribution >= 0.6 is 0 Å². The van der Waals surface area contributed by atoms with Crippen LogP contribution in [0.25, 0.3) is 12.2 Å². The summed E-state index contributed by atoms with van der Waals surface area (Å²) in [5.41, 5.74) is 4.09. The second-order valence-corrected chi connectivity index (χ2v) is 7.44. The molecule has 0 saturated carbocycles. The Bertz CT molecular complexity index is 1220. The maximum Gasteiger partial charge on any atom is 0.193 e. The van der Waals surface area contributed by atoms with Crippen LogP contribution in [0.3, 0.4) is 0 Å². The summed E-state index contributed by atoms with van der Waals surface area (Å²) in [6, 6.07) is 32.8. The normalized spacial score (nSPS) is 10.9. The minimum absolute atomic E-state index is 0.0380. The SMILES string of the molecule is O=C(c1ccccc1)c1cccc(C=COOC=Cc2cccc(C(=O)c3ccccc3)c2)c1.